The smallest absolute Gasteiger partial charge is 0.252 e. The van der Waals surface area contributed by atoms with Crippen LogP contribution < -0.4 is 0 Å². The largest absolute Gasteiger partial charge is 0.313 e. The standard InChI is InChI=1S/C15H16ClN3O2/c1-8-5-4-6-10-13(8)17-14(9(2)16)19(10)11-7-12(20)18(3)15(11)21/h4-6,9,11H,7H2,1-3H3. The van der Waals surface area contributed by atoms with Crippen LogP contribution >= 0.6 is 11.6 Å². The van der Waals surface area contributed by atoms with E-state index in [4.69, 9.17) is 11.6 Å². The average molecular weight is 306 g/mol. The molecule has 2 heterocycles. The molecule has 1 aliphatic heterocycles. The van der Waals surface area contributed by atoms with E-state index in [2.05, 4.69) is 4.98 Å². The van der Waals surface area contributed by atoms with E-state index in [0.29, 0.717) is 5.82 Å². The van der Waals surface area contributed by atoms with E-state index in [9.17, 15) is 9.59 Å². The number of imide groups is 1. The molecule has 0 spiro atoms. The summed E-state index contributed by atoms with van der Waals surface area (Å²) in [4.78, 5) is 29.9. The molecule has 0 bridgehead atoms. The molecule has 3 rings (SSSR count). The zero-order chi connectivity index (χ0) is 15.3. The van der Waals surface area contributed by atoms with Gasteiger partial charge >= 0.3 is 0 Å². The number of halogens is 1. The number of hydrogen-bond acceptors (Lipinski definition) is 3. The van der Waals surface area contributed by atoms with Crippen LogP contribution in [-0.2, 0) is 9.59 Å². The van der Waals surface area contributed by atoms with Crippen molar-refractivity contribution in [2.24, 2.45) is 0 Å². The Bertz CT molecular complexity index is 751. The summed E-state index contributed by atoms with van der Waals surface area (Å²) in [6, 6.07) is 5.25. The van der Waals surface area contributed by atoms with Crippen LogP contribution in [0.2, 0.25) is 0 Å². The lowest BCUT2D eigenvalue weighted by Crippen LogP contribution is -2.27. The van der Waals surface area contributed by atoms with Crippen LogP contribution in [0.25, 0.3) is 11.0 Å². The Morgan fingerprint density at radius 3 is 2.67 bits per heavy atom. The van der Waals surface area contributed by atoms with Crippen molar-refractivity contribution in [3.63, 3.8) is 0 Å². The van der Waals surface area contributed by atoms with Gasteiger partial charge in [-0.1, -0.05) is 12.1 Å². The predicted molar refractivity (Wildman–Crippen MR) is 80.2 cm³/mol. The summed E-state index contributed by atoms with van der Waals surface area (Å²) in [5, 5.41) is -0.342. The number of amides is 2. The molecule has 2 aromatic rings. The van der Waals surface area contributed by atoms with Crippen molar-refractivity contribution >= 4 is 34.4 Å². The first-order valence-corrected chi connectivity index (χ1v) is 7.27. The number of aryl methyl sites for hydroxylation is 1. The lowest BCUT2D eigenvalue weighted by molar-refractivity contribution is -0.137. The molecule has 2 atom stereocenters. The van der Waals surface area contributed by atoms with Gasteiger partial charge in [-0.2, -0.15) is 0 Å². The van der Waals surface area contributed by atoms with Crippen molar-refractivity contribution in [2.75, 3.05) is 7.05 Å². The van der Waals surface area contributed by atoms with Crippen LogP contribution in [0.1, 0.15) is 36.2 Å². The Morgan fingerprint density at radius 1 is 1.38 bits per heavy atom. The molecule has 2 amide bonds. The molecule has 2 unspecified atom stereocenters. The molecule has 1 saturated heterocycles. The number of hydrogen-bond donors (Lipinski definition) is 0. The van der Waals surface area contributed by atoms with Crippen LogP contribution in [-0.4, -0.2) is 33.3 Å². The van der Waals surface area contributed by atoms with Crippen LogP contribution in [0.3, 0.4) is 0 Å². The summed E-state index contributed by atoms with van der Waals surface area (Å²) >= 11 is 6.24. The predicted octanol–water partition coefficient (Wildman–Crippen LogP) is 2.57. The molecule has 110 valence electrons. The number of carbonyl (C=O) groups excluding carboxylic acids is 2. The second-order valence-corrected chi connectivity index (χ2v) is 6.06. The van der Waals surface area contributed by atoms with E-state index in [1.54, 1.807) is 0 Å². The molecule has 1 aliphatic rings. The molecule has 1 aromatic carbocycles. The minimum absolute atomic E-state index is 0.158. The highest BCUT2D eigenvalue weighted by atomic mass is 35.5. The Balaban J connectivity index is 2.26. The Morgan fingerprint density at radius 2 is 2.10 bits per heavy atom. The van der Waals surface area contributed by atoms with Crippen molar-refractivity contribution in [2.45, 2.75) is 31.7 Å². The molecular weight excluding hydrogens is 290 g/mol. The van der Waals surface area contributed by atoms with Gasteiger partial charge in [-0.15, -0.1) is 11.6 Å². The maximum atomic E-state index is 12.3. The number of benzene rings is 1. The molecule has 0 aliphatic carbocycles. The average Bonchev–Trinajstić information content (AvgIpc) is 2.93. The van der Waals surface area contributed by atoms with Crippen molar-refractivity contribution in [3.8, 4) is 0 Å². The van der Waals surface area contributed by atoms with Gasteiger partial charge < -0.3 is 4.57 Å². The number of likely N-dealkylation sites (N-methyl/N-ethyl adjacent to an activating group) is 1. The highest BCUT2D eigenvalue weighted by Crippen LogP contribution is 2.33. The third-order valence-corrected chi connectivity index (χ3v) is 4.17. The van der Waals surface area contributed by atoms with Gasteiger partial charge in [0.05, 0.1) is 22.8 Å². The first-order chi connectivity index (χ1) is 9.91. The van der Waals surface area contributed by atoms with Crippen LogP contribution in [0.4, 0.5) is 0 Å². The number of rotatable bonds is 2. The third kappa shape index (κ3) is 2.03. The Labute approximate surface area is 127 Å². The summed E-state index contributed by atoms with van der Waals surface area (Å²) in [6.45, 7) is 3.79. The Kier molecular flexibility index (Phi) is 3.24. The monoisotopic (exact) mass is 305 g/mol. The van der Waals surface area contributed by atoms with Gasteiger partial charge in [0, 0.05) is 7.05 Å². The number of imidazole rings is 1. The number of fused-ring (bicyclic) bond motifs is 1. The quantitative estimate of drug-likeness (QED) is 0.633. The van der Waals surface area contributed by atoms with Crippen LogP contribution in [0.15, 0.2) is 18.2 Å². The minimum atomic E-state index is -0.550. The summed E-state index contributed by atoms with van der Waals surface area (Å²) in [7, 11) is 1.51. The van der Waals surface area contributed by atoms with Crippen LogP contribution in [0.5, 0.6) is 0 Å². The summed E-state index contributed by atoms with van der Waals surface area (Å²) in [6.07, 6.45) is 0.158. The molecule has 5 nitrogen and oxygen atoms in total. The molecule has 1 fully saturated rings. The second kappa shape index (κ2) is 4.84. The van der Waals surface area contributed by atoms with Gasteiger partial charge in [-0.3, -0.25) is 14.5 Å². The fourth-order valence-electron chi connectivity index (χ4n) is 2.82. The van der Waals surface area contributed by atoms with Crippen molar-refractivity contribution in [3.05, 3.63) is 29.6 Å². The van der Waals surface area contributed by atoms with E-state index in [1.165, 1.54) is 11.9 Å². The topological polar surface area (TPSA) is 55.2 Å². The zero-order valence-corrected chi connectivity index (χ0v) is 12.9. The van der Waals surface area contributed by atoms with E-state index in [0.717, 1.165) is 16.6 Å². The lowest BCUT2D eigenvalue weighted by atomic mass is 10.2. The van der Waals surface area contributed by atoms with Gasteiger partial charge in [0.1, 0.15) is 11.9 Å². The molecular formula is C15H16ClN3O2. The highest BCUT2D eigenvalue weighted by Gasteiger charge is 2.39. The normalized spacial score (nSPS) is 20.6. The highest BCUT2D eigenvalue weighted by molar-refractivity contribution is 6.20. The van der Waals surface area contributed by atoms with Crippen molar-refractivity contribution in [1.29, 1.82) is 0 Å². The number of alkyl halides is 1. The van der Waals surface area contributed by atoms with Gasteiger partial charge in [0.25, 0.3) is 5.91 Å². The maximum Gasteiger partial charge on any atom is 0.252 e. The summed E-state index contributed by atoms with van der Waals surface area (Å²) in [5.41, 5.74) is 2.70. The van der Waals surface area contributed by atoms with Crippen molar-refractivity contribution in [1.82, 2.24) is 14.5 Å². The molecule has 0 radical (unpaired) electrons. The summed E-state index contributed by atoms with van der Waals surface area (Å²) < 4.78 is 1.82. The van der Waals surface area contributed by atoms with E-state index in [1.807, 2.05) is 36.6 Å². The minimum Gasteiger partial charge on any atom is -0.313 e. The van der Waals surface area contributed by atoms with Crippen molar-refractivity contribution < 1.29 is 9.59 Å². The zero-order valence-electron chi connectivity index (χ0n) is 12.1. The second-order valence-electron chi connectivity index (χ2n) is 5.41. The molecule has 1 aromatic heterocycles. The lowest BCUT2D eigenvalue weighted by Gasteiger charge is -2.16. The van der Waals surface area contributed by atoms with Gasteiger partial charge in [0.2, 0.25) is 5.91 Å². The van der Waals surface area contributed by atoms with Gasteiger partial charge in [-0.25, -0.2) is 4.98 Å². The number of likely N-dealkylation sites (tertiary alicyclic amines) is 1. The van der Waals surface area contributed by atoms with Gasteiger partial charge in [-0.05, 0) is 25.5 Å². The molecule has 0 saturated carbocycles. The van der Waals surface area contributed by atoms with E-state index >= 15 is 0 Å². The number of para-hydroxylation sites is 1. The fourth-order valence-corrected chi connectivity index (χ4v) is 2.98. The Hall–Kier alpha value is -1.88. The fraction of sp³-hybridized carbons (Fsp3) is 0.400. The van der Waals surface area contributed by atoms with Crippen LogP contribution in [0, 0.1) is 6.92 Å². The van der Waals surface area contributed by atoms with E-state index < -0.39 is 6.04 Å². The maximum absolute atomic E-state index is 12.3. The van der Waals surface area contributed by atoms with Gasteiger partial charge in [0.15, 0.2) is 0 Å². The molecule has 6 heteroatoms. The number of nitrogens with zero attached hydrogens (tertiary/aromatic N) is 3. The molecule has 0 N–H and O–H groups in total. The first kappa shape index (κ1) is 14.1. The number of carbonyl (C=O) groups is 2. The number of aromatic nitrogens is 2. The third-order valence-electron chi connectivity index (χ3n) is 3.97. The van der Waals surface area contributed by atoms with E-state index in [-0.39, 0.29) is 23.6 Å². The first-order valence-electron chi connectivity index (χ1n) is 6.83. The SMILES string of the molecule is Cc1cccc2c1nc(C(C)Cl)n2C1CC(=O)N(C)C1=O. The molecule has 21 heavy (non-hydrogen) atoms. The summed E-state index contributed by atoms with van der Waals surface area (Å²) in [5.74, 6) is 0.245.